The van der Waals surface area contributed by atoms with Gasteiger partial charge in [0.2, 0.25) is 11.1 Å². The molecule has 1 aromatic carbocycles. The number of carbonyl (C=O) groups excluding carboxylic acids is 1. The zero-order valence-electron chi connectivity index (χ0n) is 14.5. The summed E-state index contributed by atoms with van der Waals surface area (Å²) in [4.78, 5) is 16.5. The Kier molecular flexibility index (Phi) is 5.73. The summed E-state index contributed by atoms with van der Waals surface area (Å²) in [5.74, 6) is 1.41. The predicted molar refractivity (Wildman–Crippen MR) is 96.6 cm³/mol. The zero-order chi connectivity index (χ0) is 17.8. The number of halogens is 1. The van der Waals surface area contributed by atoms with Crippen molar-refractivity contribution in [1.82, 2.24) is 20.5 Å². The SMILES string of the molecule is C[C@@H]1[C@H](C)CCC[C@@H]1NC(=O)CSc1n[nH]c(-c2ccccc2F)n1. The van der Waals surface area contributed by atoms with Gasteiger partial charge in [-0.1, -0.05) is 50.6 Å². The van der Waals surface area contributed by atoms with E-state index in [-0.39, 0.29) is 23.5 Å². The molecule has 2 aromatic rings. The predicted octanol–water partition coefficient (Wildman–Crippen LogP) is 3.64. The second kappa shape index (κ2) is 7.99. The number of aromatic nitrogens is 3. The first-order valence-electron chi connectivity index (χ1n) is 8.64. The van der Waals surface area contributed by atoms with Crippen LogP contribution in [0.2, 0.25) is 0 Å². The van der Waals surface area contributed by atoms with Crippen LogP contribution in [0.25, 0.3) is 11.4 Å². The molecule has 0 saturated heterocycles. The molecule has 5 nitrogen and oxygen atoms in total. The highest BCUT2D eigenvalue weighted by Crippen LogP contribution is 2.29. The first-order chi connectivity index (χ1) is 12.0. The molecular weight excluding hydrogens is 339 g/mol. The molecule has 1 heterocycles. The van der Waals surface area contributed by atoms with E-state index in [0.717, 1.165) is 12.8 Å². The van der Waals surface area contributed by atoms with Crippen LogP contribution in [-0.2, 0) is 4.79 Å². The van der Waals surface area contributed by atoms with Crippen molar-refractivity contribution in [1.29, 1.82) is 0 Å². The number of rotatable bonds is 5. The summed E-state index contributed by atoms with van der Waals surface area (Å²) >= 11 is 1.25. The Bertz CT molecular complexity index is 735. The molecule has 2 N–H and O–H groups in total. The lowest BCUT2D eigenvalue weighted by molar-refractivity contribution is -0.120. The van der Waals surface area contributed by atoms with Gasteiger partial charge in [-0.15, -0.1) is 5.10 Å². The van der Waals surface area contributed by atoms with Crippen LogP contribution in [-0.4, -0.2) is 32.9 Å². The molecule has 1 fully saturated rings. The monoisotopic (exact) mass is 362 g/mol. The van der Waals surface area contributed by atoms with Gasteiger partial charge in [0.1, 0.15) is 5.82 Å². The number of aromatic amines is 1. The maximum absolute atomic E-state index is 13.8. The highest BCUT2D eigenvalue weighted by Gasteiger charge is 2.28. The van der Waals surface area contributed by atoms with Gasteiger partial charge in [-0.05, 0) is 30.4 Å². The molecule has 134 valence electrons. The van der Waals surface area contributed by atoms with E-state index in [1.165, 1.54) is 24.2 Å². The Balaban J connectivity index is 1.54. The van der Waals surface area contributed by atoms with Crippen LogP contribution in [0.15, 0.2) is 29.4 Å². The van der Waals surface area contributed by atoms with Crippen molar-refractivity contribution in [3.8, 4) is 11.4 Å². The fourth-order valence-corrected chi connectivity index (χ4v) is 3.86. The van der Waals surface area contributed by atoms with E-state index in [9.17, 15) is 9.18 Å². The lowest BCUT2D eigenvalue weighted by atomic mass is 9.78. The van der Waals surface area contributed by atoms with Gasteiger partial charge in [0.15, 0.2) is 5.82 Å². The topological polar surface area (TPSA) is 70.7 Å². The van der Waals surface area contributed by atoms with E-state index < -0.39 is 0 Å². The third-order valence-electron chi connectivity index (χ3n) is 4.98. The summed E-state index contributed by atoms with van der Waals surface area (Å²) in [6, 6.07) is 6.64. The summed E-state index contributed by atoms with van der Waals surface area (Å²) < 4.78 is 13.8. The van der Waals surface area contributed by atoms with Gasteiger partial charge in [0.25, 0.3) is 0 Å². The van der Waals surface area contributed by atoms with E-state index in [1.807, 2.05) is 0 Å². The minimum atomic E-state index is -0.353. The minimum absolute atomic E-state index is 0.00630. The molecule has 1 aliphatic rings. The molecule has 0 bridgehead atoms. The largest absolute Gasteiger partial charge is 0.352 e. The number of thioether (sulfide) groups is 1. The van der Waals surface area contributed by atoms with Gasteiger partial charge >= 0.3 is 0 Å². The van der Waals surface area contributed by atoms with Crippen molar-refractivity contribution in [3.63, 3.8) is 0 Å². The van der Waals surface area contributed by atoms with Gasteiger partial charge in [-0.25, -0.2) is 9.37 Å². The molecule has 0 unspecified atom stereocenters. The Hall–Kier alpha value is -1.89. The van der Waals surface area contributed by atoms with Crippen molar-refractivity contribution < 1.29 is 9.18 Å². The second-order valence-corrected chi connectivity index (χ2v) is 7.62. The van der Waals surface area contributed by atoms with Gasteiger partial charge in [-0.2, -0.15) is 0 Å². The van der Waals surface area contributed by atoms with Gasteiger partial charge in [0.05, 0.1) is 11.3 Å². The van der Waals surface area contributed by atoms with Crippen molar-refractivity contribution in [3.05, 3.63) is 30.1 Å². The summed E-state index contributed by atoms with van der Waals surface area (Å²) in [5.41, 5.74) is 0.372. The maximum atomic E-state index is 13.8. The molecule has 7 heteroatoms. The first kappa shape index (κ1) is 17.9. The molecule has 1 saturated carbocycles. The smallest absolute Gasteiger partial charge is 0.230 e. The minimum Gasteiger partial charge on any atom is -0.352 e. The summed E-state index contributed by atoms with van der Waals surface area (Å²) in [7, 11) is 0. The fourth-order valence-electron chi connectivity index (χ4n) is 3.25. The molecule has 0 spiro atoms. The van der Waals surface area contributed by atoms with Crippen LogP contribution in [0.1, 0.15) is 33.1 Å². The van der Waals surface area contributed by atoms with Crippen LogP contribution in [0.5, 0.6) is 0 Å². The number of amides is 1. The van der Waals surface area contributed by atoms with Gasteiger partial charge in [-0.3, -0.25) is 9.89 Å². The molecule has 0 aliphatic heterocycles. The molecular formula is C18H23FN4OS. The zero-order valence-corrected chi connectivity index (χ0v) is 15.3. The highest BCUT2D eigenvalue weighted by molar-refractivity contribution is 7.99. The standard InChI is InChI=1S/C18H23FN4OS/c1-11-6-5-9-15(12(11)2)20-16(24)10-25-18-21-17(22-23-18)13-7-3-4-8-14(13)19/h3-4,7-8,11-12,15H,5-6,9-10H2,1-2H3,(H,20,24)(H,21,22,23)/t11-,12-,15+/m1/s1. The van der Waals surface area contributed by atoms with Crippen molar-refractivity contribution in [2.24, 2.45) is 11.8 Å². The van der Waals surface area contributed by atoms with E-state index in [2.05, 4.69) is 34.3 Å². The van der Waals surface area contributed by atoms with Gasteiger partial charge < -0.3 is 5.32 Å². The fraction of sp³-hybridized carbons (Fsp3) is 0.500. The third kappa shape index (κ3) is 4.39. The summed E-state index contributed by atoms with van der Waals surface area (Å²) in [5, 5.41) is 10.4. The number of nitrogens with zero attached hydrogens (tertiary/aromatic N) is 2. The molecule has 3 atom stereocenters. The summed E-state index contributed by atoms with van der Waals surface area (Å²) in [6.07, 6.45) is 3.44. The number of H-pyrrole nitrogens is 1. The molecule has 1 amide bonds. The van der Waals surface area contributed by atoms with Crippen LogP contribution in [0.4, 0.5) is 4.39 Å². The van der Waals surface area contributed by atoms with Crippen molar-refractivity contribution in [2.45, 2.75) is 44.3 Å². The molecule has 25 heavy (non-hydrogen) atoms. The van der Waals surface area contributed by atoms with Crippen LogP contribution in [0.3, 0.4) is 0 Å². The number of carbonyl (C=O) groups is 1. The molecule has 1 aliphatic carbocycles. The van der Waals surface area contributed by atoms with E-state index in [1.54, 1.807) is 18.2 Å². The van der Waals surface area contributed by atoms with E-state index in [4.69, 9.17) is 0 Å². The Morgan fingerprint density at radius 1 is 1.36 bits per heavy atom. The maximum Gasteiger partial charge on any atom is 0.230 e. The Morgan fingerprint density at radius 3 is 2.96 bits per heavy atom. The Morgan fingerprint density at radius 2 is 2.16 bits per heavy atom. The van der Waals surface area contributed by atoms with Crippen LogP contribution < -0.4 is 5.32 Å². The number of nitrogens with one attached hydrogen (secondary N) is 2. The molecule has 0 radical (unpaired) electrons. The van der Waals surface area contributed by atoms with Gasteiger partial charge in [0, 0.05) is 6.04 Å². The number of hydrogen-bond donors (Lipinski definition) is 2. The average Bonchev–Trinajstić information content (AvgIpc) is 3.06. The van der Waals surface area contributed by atoms with Crippen molar-refractivity contribution >= 4 is 17.7 Å². The second-order valence-electron chi connectivity index (χ2n) is 6.68. The quantitative estimate of drug-likeness (QED) is 0.797. The molecule has 1 aromatic heterocycles. The van der Waals surface area contributed by atoms with Crippen molar-refractivity contribution in [2.75, 3.05) is 5.75 Å². The van der Waals surface area contributed by atoms with Crippen LogP contribution in [0, 0.1) is 17.7 Å². The summed E-state index contributed by atoms with van der Waals surface area (Å²) in [6.45, 7) is 4.45. The van der Waals surface area contributed by atoms with E-state index >= 15 is 0 Å². The Labute approximate surface area is 151 Å². The molecule has 3 rings (SSSR count). The highest BCUT2D eigenvalue weighted by atomic mass is 32.2. The number of benzene rings is 1. The van der Waals surface area contributed by atoms with Crippen LogP contribution >= 0.6 is 11.8 Å². The normalized spacial score (nSPS) is 23.4. The lowest BCUT2D eigenvalue weighted by Crippen LogP contribution is -2.44. The lowest BCUT2D eigenvalue weighted by Gasteiger charge is -2.34. The first-order valence-corrected chi connectivity index (χ1v) is 9.62. The number of hydrogen-bond acceptors (Lipinski definition) is 4. The van der Waals surface area contributed by atoms with E-state index in [0.29, 0.717) is 28.4 Å². The average molecular weight is 362 g/mol. The third-order valence-corrected chi connectivity index (χ3v) is 5.83.